The minimum absolute atomic E-state index is 0.00842. The highest BCUT2D eigenvalue weighted by molar-refractivity contribution is 5.94. The number of fused-ring (bicyclic) bond motifs is 3. The third-order valence-corrected chi connectivity index (χ3v) is 10.3. The number of imidazole rings is 1. The molecule has 0 aliphatic carbocycles. The van der Waals surface area contributed by atoms with Crippen LogP contribution in [0.2, 0.25) is 0 Å². The summed E-state index contributed by atoms with van der Waals surface area (Å²) < 4.78 is 15.9. The molecule has 1 aromatic heterocycles. The first kappa shape index (κ1) is 26.4. The maximum absolute atomic E-state index is 13.4. The Balaban J connectivity index is 1.06. The van der Waals surface area contributed by atoms with Crippen molar-refractivity contribution in [2.24, 2.45) is 0 Å². The van der Waals surface area contributed by atoms with E-state index < -0.39 is 0 Å². The number of benzene rings is 3. The van der Waals surface area contributed by atoms with Gasteiger partial charge in [-0.25, -0.2) is 9.37 Å². The topological polar surface area (TPSA) is 41.4 Å². The molecule has 3 saturated heterocycles. The van der Waals surface area contributed by atoms with Crippen LogP contribution in [0.5, 0.6) is 0 Å². The molecule has 212 valence electrons. The lowest BCUT2D eigenvalue weighted by molar-refractivity contribution is 0.0607. The van der Waals surface area contributed by atoms with Crippen molar-refractivity contribution < 1.29 is 9.18 Å². The molecule has 2 unspecified atom stereocenters. The van der Waals surface area contributed by atoms with Crippen molar-refractivity contribution >= 4 is 16.9 Å². The van der Waals surface area contributed by atoms with Gasteiger partial charge < -0.3 is 9.47 Å². The number of hydrogen-bond acceptors (Lipinski definition) is 3. The summed E-state index contributed by atoms with van der Waals surface area (Å²) in [5.41, 5.74) is 4.41. The molecule has 5 nitrogen and oxygen atoms in total. The van der Waals surface area contributed by atoms with E-state index in [9.17, 15) is 9.18 Å². The minimum Gasteiger partial charge on any atom is -0.339 e. The van der Waals surface area contributed by atoms with E-state index in [-0.39, 0.29) is 17.1 Å². The highest BCUT2D eigenvalue weighted by Gasteiger charge is 2.44. The van der Waals surface area contributed by atoms with Crippen molar-refractivity contribution in [1.82, 2.24) is 19.4 Å². The Morgan fingerprint density at radius 2 is 1.54 bits per heavy atom. The summed E-state index contributed by atoms with van der Waals surface area (Å²) in [5, 5.41) is 0. The van der Waals surface area contributed by atoms with Crippen molar-refractivity contribution in [1.29, 1.82) is 0 Å². The fourth-order valence-corrected chi connectivity index (χ4v) is 8.18. The van der Waals surface area contributed by atoms with E-state index in [4.69, 9.17) is 4.98 Å². The zero-order valence-electron chi connectivity index (χ0n) is 23.9. The Morgan fingerprint density at radius 3 is 2.24 bits per heavy atom. The molecule has 2 bridgehead atoms. The second-order valence-electron chi connectivity index (χ2n) is 12.5. The summed E-state index contributed by atoms with van der Waals surface area (Å²) in [4.78, 5) is 22.8. The van der Waals surface area contributed by atoms with Gasteiger partial charge in [-0.3, -0.25) is 9.69 Å². The minimum atomic E-state index is -0.310. The van der Waals surface area contributed by atoms with E-state index in [0.29, 0.717) is 23.7 Å². The van der Waals surface area contributed by atoms with Crippen LogP contribution in [-0.4, -0.2) is 57.0 Å². The Bertz CT molecular complexity index is 1510. The molecule has 0 radical (unpaired) electrons. The Labute approximate surface area is 242 Å². The SMILES string of the molecule is Cc1nc2ccccc2n1C1CC2CCC(C1)N2CCC1(c2ccccc2)CCN(C(=O)c2ccc(F)cc2)CC1. The zero-order chi connectivity index (χ0) is 28.0. The average Bonchev–Trinajstić information content (AvgIpc) is 3.47. The first-order valence-electron chi connectivity index (χ1n) is 15.3. The molecule has 3 fully saturated rings. The number of carbonyl (C=O) groups excluding carboxylic acids is 1. The van der Waals surface area contributed by atoms with Crippen molar-refractivity contribution in [3.63, 3.8) is 0 Å². The number of likely N-dealkylation sites (tertiary alicyclic amines) is 1. The molecule has 2 atom stereocenters. The molecule has 3 aliphatic rings. The number of rotatable bonds is 6. The van der Waals surface area contributed by atoms with Gasteiger partial charge in [0.25, 0.3) is 5.91 Å². The fourth-order valence-electron chi connectivity index (χ4n) is 8.18. The summed E-state index contributed by atoms with van der Waals surface area (Å²) in [7, 11) is 0. The predicted octanol–water partition coefficient (Wildman–Crippen LogP) is 6.92. The van der Waals surface area contributed by atoms with E-state index in [1.54, 1.807) is 12.1 Å². The Morgan fingerprint density at radius 1 is 0.878 bits per heavy atom. The third kappa shape index (κ3) is 4.86. The average molecular weight is 551 g/mol. The molecule has 0 spiro atoms. The van der Waals surface area contributed by atoms with E-state index in [1.807, 2.05) is 4.90 Å². The summed E-state index contributed by atoms with van der Waals surface area (Å²) >= 11 is 0. The number of hydrogen-bond donors (Lipinski definition) is 0. The van der Waals surface area contributed by atoms with Gasteiger partial charge in [0.05, 0.1) is 11.0 Å². The highest BCUT2D eigenvalue weighted by atomic mass is 19.1. The molecule has 7 rings (SSSR count). The molecule has 6 heteroatoms. The lowest BCUT2D eigenvalue weighted by Gasteiger charge is -2.45. The zero-order valence-corrected chi connectivity index (χ0v) is 23.9. The smallest absolute Gasteiger partial charge is 0.253 e. The van der Waals surface area contributed by atoms with E-state index >= 15 is 0 Å². The van der Waals surface area contributed by atoms with Gasteiger partial charge in [-0.1, -0.05) is 42.5 Å². The second-order valence-corrected chi connectivity index (χ2v) is 12.5. The van der Waals surface area contributed by atoms with Crippen LogP contribution < -0.4 is 0 Å². The monoisotopic (exact) mass is 550 g/mol. The molecule has 0 N–H and O–H groups in total. The largest absolute Gasteiger partial charge is 0.339 e. The van der Waals surface area contributed by atoms with Gasteiger partial charge in [0.1, 0.15) is 11.6 Å². The molecule has 4 heterocycles. The van der Waals surface area contributed by atoms with Gasteiger partial charge in [-0.05, 0) is 106 Å². The van der Waals surface area contributed by atoms with Crippen LogP contribution in [0, 0.1) is 12.7 Å². The van der Waals surface area contributed by atoms with Gasteiger partial charge in [-0.15, -0.1) is 0 Å². The Hall–Kier alpha value is -3.51. The van der Waals surface area contributed by atoms with E-state index in [2.05, 4.69) is 71.0 Å². The van der Waals surface area contributed by atoms with E-state index in [0.717, 1.165) is 50.2 Å². The molecule has 3 aliphatic heterocycles. The summed E-state index contributed by atoms with van der Waals surface area (Å²) in [6.07, 6.45) is 7.97. The maximum atomic E-state index is 13.4. The van der Waals surface area contributed by atoms with Gasteiger partial charge in [0, 0.05) is 36.8 Å². The molecule has 4 aromatic rings. The number of amides is 1. The number of aryl methyl sites for hydroxylation is 1. The number of piperidine rings is 2. The normalized spacial score (nSPS) is 24.1. The standard InChI is InChI=1S/C35H39FN4O/c1-25-37-32-9-5-6-10-33(32)40(25)31-23-29-15-16-30(24-31)39(29)22-19-35(27-7-3-2-4-8-27)17-20-38(21-18-35)34(41)26-11-13-28(36)14-12-26/h2-14,29-31H,15-24H2,1H3. The Kier molecular flexibility index (Phi) is 6.90. The van der Waals surface area contributed by atoms with Crippen molar-refractivity contribution in [3.8, 4) is 0 Å². The van der Waals surface area contributed by atoms with Crippen LogP contribution in [0.3, 0.4) is 0 Å². The fraction of sp³-hybridized carbons (Fsp3) is 0.429. The number of carbonyl (C=O) groups is 1. The molecule has 3 aromatic carbocycles. The van der Waals surface area contributed by atoms with Crippen LogP contribution in [0.25, 0.3) is 11.0 Å². The van der Waals surface area contributed by atoms with Crippen molar-refractivity contribution in [2.45, 2.75) is 75.4 Å². The van der Waals surface area contributed by atoms with Gasteiger partial charge in [0.15, 0.2) is 0 Å². The highest BCUT2D eigenvalue weighted by Crippen LogP contribution is 2.45. The maximum Gasteiger partial charge on any atom is 0.253 e. The van der Waals surface area contributed by atoms with Gasteiger partial charge in [0.2, 0.25) is 0 Å². The van der Waals surface area contributed by atoms with Crippen LogP contribution in [0.4, 0.5) is 4.39 Å². The number of nitrogens with zero attached hydrogens (tertiary/aromatic N) is 4. The quantitative estimate of drug-likeness (QED) is 0.262. The molecular weight excluding hydrogens is 511 g/mol. The molecule has 1 amide bonds. The summed E-state index contributed by atoms with van der Waals surface area (Å²) in [5.74, 6) is 0.831. The first-order valence-corrected chi connectivity index (χ1v) is 15.3. The summed E-state index contributed by atoms with van der Waals surface area (Å²) in [6, 6.07) is 27.2. The van der Waals surface area contributed by atoms with Crippen LogP contribution in [-0.2, 0) is 5.41 Å². The lowest BCUT2D eigenvalue weighted by atomic mass is 9.70. The first-order chi connectivity index (χ1) is 20.0. The van der Waals surface area contributed by atoms with Crippen LogP contribution >= 0.6 is 0 Å². The number of aromatic nitrogens is 2. The molecular formula is C35H39FN4O. The number of halogens is 1. The van der Waals surface area contributed by atoms with Gasteiger partial charge in [-0.2, -0.15) is 0 Å². The molecule has 0 saturated carbocycles. The van der Waals surface area contributed by atoms with Crippen LogP contribution in [0.1, 0.15) is 72.7 Å². The van der Waals surface area contributed by atoms with Crippen molar-refractivity contribution in [2.75, 3.05) is 19.6 Å². The van der Waals surface area contributed by atoms with Crippen molar-refractivity contribution in [3.05, 3.63) is 102 Å². The molecule has 41 heavy (non-hydrogen) atoms. The van der Waals surface area contributed by atoms with E-state index in [1.165, 1.54) is 48.9 Å². The lowest BCUT2D eigenvalue weighted by Crippen LogP contribution is -2.49. The number of para-hydroxylation sites is 2. The van der Waals surface area contributed by atoms with Crippen LogP contribution in [0.15, 0.2) is 78.9 Å². The third-order valence-electron chi connectivity index (χ3n) is 10.3. The summed E-state index contributed by atoms with van der Waals surface area (Å²) in [6.45, 7) is 4.72. The predicted molar refractivity (Wildman–Crippen MR) is 161 cm³/mol. The van der Waals surface area contributed by atoms with Gasteiger partial charge >= 0.3 is 0 Å². The second kappa shape index (κ2) is 10.7.